The first kappa shape index (κ1) is 11.1. The predicted octanol–water partition coefficient (Wildman–Crippen LogP) is 1.16. The summed E-state index contributed by atoms with van der Waals surface area (Å²) in [5, 5.41) is 2.54. The lowest BCUT2D eigenvalue weighted by Gasteiger charge is -2.06. The summed E-state index contributed by atoms with van der Waals surface area (Å²) in [6.07, 6.45) is 5.45. The Morgan fingerprint density at radius 2 is 2.33 bits per heavy atom. The minimum absolute atomic E-state index is 0.132. The molecule has 0 radical (unpaired) electrons. The fraction of sp³-hybridized carbons (Fsp3) is 0.182. The first-order chi connectivity index (χ1) is 7.16. The molecule has 3 nitrogen and oxygen atoms in total. The molecular formula is C11H11FN2O. The van der Waals surface area contributed by atoms with Crippen molar-refractivity contribution < 1.29 is 9.18 Å². The lowest BCUT2D eigenvalue weighted by molar-refractivity contribution is 0.0955. The Hall–Kier alpha value is -2.02. The number of halogens is 1. The molecule has 4 heteroatoms. The smallest absolute Gasteiger partial charge is 0.253 e. The molecule has 0 atom stereocenters. The van der Waals surface area contributed by atoms with Gasteiger partial charge in [0.05, 0.1) is 11.3 Å². The van der Waals surface area contributed by atoms with E-state index in [1.807, 2.05) is 0 Å². The number of hydrogen-bond donors (Lipinski definition) is 2. The molecule has 0 aliphatic carbocycles. The number of benzene rings is 1. The lowest BCUT2D eigenvalue weighted by Crippen LogP contribution is -2.25. The SMILES string of the molecule is C#CCCNC(=O)c1cccc(F)c1N. The summed E-state index contributed by atoms with van der Waals surface area (Å²) < 4.78 is 13.0. The number of nitrogen functional groups attached to an aromatic ring is 1. The van der Waals surface area contributed by atoms with E-state index in [9.17, 15) is 9.18 Å². The number of rotatable bonds is 3. The highest BCUT2D eigenvalue weighted by molar-refractivity contribution is 5.99. The highest BCUT2D eigenvalue weighted by Gasteiger charge is 2.11. The largest absolute Gasteiger partial charge is 0.396 e. The van der Waals surface area contributed by atoms with Gasteiger partial charge in [0.1, 0.15) is 5.82 Å². The van der Waals surface area contributed by atoms with Crippen molar-refractivity contribution in [1.82, 2.24) is 5.32 Å². The average Bonchev–Trinajstić information content (AvgIpc) is 2.22. The number of anilines is 1. The summed E-state index contributed by atoms with van der Waals surface area (Å²) in [5.41, 5.74) is 5.40. The number of para-hydroxylation sites is 1. The highest BCUT2D eigenvalue weighted by atomic mass is 19.1. The van der Waals surface area contributed by atoms with Crippen LogP contribution in [0.15, 0.2) is 18.2 Å². The van der Waals surface area contributed by atoms with Crippen LogP contribution in [0.1, 0.15) is 16.8 Å². The van der Waals surface area contributed by atoms with E-state index in [2.05, 4.69) is 11.2 Å². The zero-order valence-corrected chi connectivity index (χ0v) is 8.09. The van der Waals surface area contributed by atoms with Gasteiger partial charge in [0.25, 0.3) is 5.91 Å². The Kier molecular flexibility index (Phi) is 3.69. The zero-order valence-electron chi connectivity index (χ0n) is 8.09. The third-order valence-electron chi connectivity index (χ3n) is 1.85. The van der Waals surface area contributed by atoms with Gasteiger partial charge in [-0.3, -0.25) is 4.79 Å². The summed E-state index contributed by atoms with van der Waals surface area (Å²) in [6, 6.07) is 4.10. The molecule has 0 saturated heterocycles. The molecule has 0 heterocycles. The molecule has 1 rings (SSSR count). The number of hydrogen-bond acceptors (Lipinski definition) is 2. The third kappa shape index (κ3) is 2.71. The Bertz CT molecular complexity index is 410. The van der Waals surface area contributed by atoms with Gasteiger partial charge in [-0.1, -0.05) is 6.07 Å². The van der Waals surface area contributed by atoms with Gasteiger partial charge in [-0.05, 0) is 12.1 Å². The van der Waals surface area contributed by atoms with Crippen molar-refractivity contribution in [3.05, 3.63) is 29.6 Å². The van der Waals surface area contributed by atoms with Crippen molar-refractivity contribution in [2.24, 2.45) is 0 Å². The van der Waals surface area contributed by atoms with E-state index in [0.717, 1.165) is 0 Å². The van der Waals surface area contributed by atoms with Crippen molar-refractivity contribution in [1.29, 1.82) is 0 Å². The number of nitrogens with two attached hydrogens (primary N) is 1. The van der Waals surface area contributed by atoms with Gasteiger partial charge in [-0.25, -0.2) is 4.39 Å². The maximum atomic E-state index is 13.0. The Balaban J connectivity index is 2.75. The first-order valence-electron chi connectivity index (χ1n) is 4.42. The summed E-state index contributed by atoms with van der Waals surface area (Å²) in [6.45, 7) is 0.352. The van der Waals surface area contributed by atoms with Crippen LogP contribution in [-0.2, 0) is 0 Å². The predicted molar refractivity (Wildman–Crippen MR) is 56.6 cm³/mol. The second-order valence-corrected chi connectivity index (χ2v) is 2.91. The summed E-state index contributed by atoms with van der Waals surface area (Å²) in [5.74, 6) is 1.37. The summed E-state index contributed by atoms with van der Waals surface area (Å²) in [7, 11) is 0. The molecule has 0 saturated carbocycles. The van der Waals surface area contributed by atoms with Crippen molar-refractivity contribution in [2.45, 2.75) is 6.42 Å². The molecule has 0 aliphatic rings. The van der Waals surface area contributed by atoms with Crippen LogP contribution in [0, 0.1) is 18.2 Å². The van der Waals surface area contributed by atoms with E-state index >= 15 is 0 Å². The maximum absolute atomic E-state index is 13.0. The van der Waals surface area contributed by atoms with Gasteiger partial charge in [0, 0.05) is 13.0 Å². The molecule has 1 amide bonds. The standard InChI is InChI=1S/C11H11FN2O/c1-2-3-7-14-11(15)8-5-4-6-9(12)10(8)13/h1,4-6H,3,7,13H2,(H,14,15). The van der Waals surface area contributed by atoms with Gasteiger partial charge < -0.3 is 11.1 Å². The molecule has 78 valence electrons. The number of nitrogens with one attached hydrogen (secondary N) is 1. The van der Waals surface area contributed by atoms with Gasteiger partial charge >= 0.3 is 0 Å². The van der Waals surface area contributed by atoms with Crippen molar-refractivity contribution >= 4 is 11.6 Å². The number of carbonyl (C=O) groups is 1. The van der Waals surface area contributed by atoms with Gasteiger partial charge in [0.2, 0.25) is 0 Å². The van der Waals surface area contributed by atoms with Crippen molar-refractivity contribution in [3.8, 4) is 12.3 Å². The van der Waals surface area contributed by atoms with E-state index < -0.39 is 11.7 Å². The average molecular weight is 206 g/mol. The van der Waals surface area contributed by atoms with Gasteiger partial charge in [0.15, 0.2) is 0 Å². The quantitative estimate of drug-likeness (QED) is 0.443. The van der Waals surface area contributed by atoms with E-state index in [1.165, 1.54) is 18.2 Å². The molecule has 1 aromatic carbocycles. The lowest BCUT2D eigenvalue weighted by atomic mass is 10.1. The molecule has 1 aromatic rings. The van der Waals surface area contributed by atoms with Crippen molar-refractivity contribution in [2.75, 3.05) is 12.3 Å². The van der Waals surface area contributed by atoms with Crippen LogP contribution >= 0.6 is 0 Å². The van der Waals surface area contributed by atoms with E-state index in [1.54, 1.807) is 0 Å². The molecule has 15 heavy (non-hydrogen) atoms. The minimum atomic E-state index is -0.598. The zero-order chi connectivity index (χ0) is 11.3. The second kappa shape index (κ2) is 5.01. The molecule has 3 N–H and O–H groups in total. The topological polar surface area (TPSA) is 55.1 Å². The van der Waals surface area contributed by atoms with Gasteiger partial charge in [-0.2, -0.15) is 0 Å². The Labute approximate surface area is 87.5 Å². The highest BCUT2D eigenvalue weighted by Crippen LogP contribution is 2.15. The molecule has 0 aromatic heterocycles. The fourth-order valence-corrected chi connectivity index (χ4v) is 1.08. The molecule has 0 spiro atoms. The number of amides is 1. The summed E-state index contributed by atoms with van der Waals surface area (Å²) in [4.78, 5) is 11.5. The molecule has 0 bridgehead atoms. The van der Waals surface area contributed by atoms with Crippen LogP contribution in [0.5, 0.6) is 0 Å². The second-order valence-electron chi connectivity index (χ2n) is 2.91. The molecular weight excluding hydrogens is 195 g/mol. The maximum Gasteiger partial charge on any atom is 0.253 e. The van der Waals surface area contributed by atoms with Crippen LogP contribution < -0.4 is 11.1 Å². The van der Waals surface area contributed by atoms with Crippen LogP contribution in [0.25, 0.3) is 0 Å². The minimum Gasteiger partial charge on any atom is -0.396 e. The molecule has 0 unspecified atom stereocenters. The number of carbonyl (C=O) groups excluding carboxylic acids is 1. The monoisotopic (exact) mass is 206 g/mol. The molecule has 0 aliphatic heterocycles. The van der Waals surface area contributed by atoms with E-state index in [0.29, 0.717) is 13.0 Å². The third-order valence-corrected chi connectivity index (χ3v) is 1.85. The van der Waals surface area contributed by atoms with Crippen molar-refractivity contribution in [3.63, 3.8) is 0 Å². The Morgan fingerprint density at radius 1 is 1.60 bits per heavy atom. The van der Waals surface area contributed by atoms with Crippen LogP contribution in [0.3, 0.4) is 0 Å². The van der Waals surface area contributed by atoms with Crippen LogP contribution in [0.2, 0.25) is 0 Å². The normalized spacial score (nSPS) is 9.33. The Morgan fingerprint density at radius 3 is 3.00 bits per heavy atom. The van der Waals surface area contributed by atoms with E-state index in [4.69, 9.17) is 12.2 Å². The molecule has 0 fully saturated rings. The fourth-order valence-electron chi connectivity index (χ4n) is 1.08. The van der Waals surface area contributed by atoms with Gasteiger partial charge in [-0.15, -0.1) is 12.3 Å². The summed E-state index contributed by atoms with van der Waals surface area (Å²) >= 11 is 0. The first-order valence-corrected chi connectivity index (χ1v) is 4.42. The number of terminal acetylenes is 1. The van der Waals surface area contributed by atoms with Crippen LogP contribution in [-0.4, -0.2) is 12.5 Å². The van der Waals surface area contributed by atoms with E-state index in [-0.39, 0.29) is 11.3 Å². The van der Waals surface area contributed by atoms with Crippen LogP contribution in [0.4, 0.5) is 10.1 Å².